The first-order chi connectivity index (χ1) is 18.8. The number of aromatic nitrogens is 1. The van der Waals surface area contributed by atoms with Crippen LogP contribution in [0.1, 0.15) is 31.0 Å². The van der Waals surface area contributed by atoms with Gasteiger partial charge >= 0.3 is 0 Å². The normalized spacial score (nSPS) is 15.1. The summed E-state index contributed by atoms with van der Waals surface area (Å²) in [7, 11) is 0. The number of nitrogens with zero attached hydrogens (tertiary/aromatic N) is 2. The predicted octanol–water partition coefficient (Wildman–Crippen LogP) is 5.39. The molecule has 0 aliphatic carbocycles. The zero-order valence-electron chi connectivity index (χ0n) is 20.9. The van der Waals surface area contributed by atoms with E-state index in [1.54, 1.807) is 37.3 Å². The minimum Gasteiger partial charge on any atom is -0.506 e. The van der Waals surface area contributed by atoms with Crippen LogP contribution in [0, 0.1) is 0 Å². The van der Waals surface area contributed by atoms with Crippen LogP contribution in [-0.2, 0) is 4.79 Å². The van der Waals surface area contributed by atoms with Crippen molar-refractivity contribution in [2.45, 2.75) is 19.9 Å². The highest BCUT2D eigenvalue weighted by Crippen LogP contribution is 2.33. The molecule has 10 heteroatoms. The molecule has 4 aromatic rings. The van der Waals surface area contributed by atoms with Gasteiger partial charge in [0.2, 0.25) is 0 Å². The molecule has 1 aliphatic heterocycles. The number of anilines is 1. The number of aromatic hydroxyl groups is 1. The van der Waals surface area contributed by atoms with Crippen molar-refractivity contribution >= 4 is 56.5 Å². The minimum absolute atomic E-state index is 0.132. The molecule has 5 rings (SSSR count). The minimum atomic E-state index is -0.734. The molecule has 0 spiro atoms. The number of halogens is 2. The van der Waals surface area contributed by atoms with Crippen LogP contribution in [0.3, 0.4) is 0 Å². The molecule has 1 atom stereocenters. The number of fused-ring (bicyclic) bond motifs is 1. The first-order valence-corrected chi connectivity index (χ1v) is 14.0. The summed E-state index contributed by atoms with van der Waals surface area (Å²) < 4.78 is 8.12. The zero-order valence-corrected chi connectivity index (χ0v) is 24.1. The van der Waals surface area contributed by atoms with E-state index in [0.29, 0.717) is 48.7 Å². The summed E-state index contributed by atoms with van der Waals surface area (Å²) in [5.41, 5.74) is 2.26. The highest BCUT2D eigenvalue weighted by molar-refractivity contribution is 9.10. The van der Waals surface area contributed by atoms with E-state index in [1.807, 2.05) is 49.4 Å². The number of nitrogens with one attached hydrogen (secondary N) is 1. The fourth-order valence-corrected chi connectivity index (χ4v) is 6.27. The molecule has 3 aromatic carbocycles. The number of hydrogen-bond donors (Lipinski definition) is 2. The number of rotatable bonds is 6. The van der Waals surface area contributed by atoms with Gasteiger partial charge in [0.1, 0.15) is 11.5 Å². The van der Waals surface area contributed by atoms with Gasteiger partial charge in [-0.05, 0) is 61.9 Å². The van der Waals surface area contributed by atoms with Crippen LogP contribution in [0.15, 0.2) is 92.3 Å². The Hall–Kier alpha value is -3.66. The van der Waals surface area contributed by atoms with Crippen molar-refractivity contribution in [2.75, 3.05) is 11.9 Å². The molecule has 7 nitrogen and oxygen atoms in total. The number of benzene rings is 3. The molecule has 0 radical (unpaired) electrons. The van der Waals surface area contributed by atoms with Crippen LogP contribution >= 0.6 is 38.9 Å². The van der Waals surface area contributed by atoms with Crippen molar-refractivity contribution in [1.82, 2.24) is 4.57 Å². The molecule has 0 unspecified atom stereocenters. The van der Waals surface area contributed by atoms with Crippen molar-refractivity contribution < 1.29 is 14.6 Å². The van der Waals surface area contributed by atoms with Gasteiger partial charge in [-0.25, -0.2) is 4.99 Å². The average Bonchev–Trinajstić information content (AvgIpc) is 3.21. The summed E-state index contributed by atoms with van der Waals surface area (Å²) in [5, 5.41) is 13.6. The highest BCUT2D eigenvalue weighted by Gasteiger charge is 2.32. The Morgan fingerprint density at radius 1 is 1.21 bits per heavy atom. The van der Waals surface area contributed by atoms with Gasteiger partial charge in [0.05, 0.1) is 33.5 Å². The summed E-state index contributed by atoms with van der Waals surface area (Å²) in [4.78, 5) is 32.6. The Labute approximate surface area is 241 Å². The number of phenols is 1. The Kier molecular flexibility index (Phi) is 7.74. The summed E-state index contributed by atoms with van der Waals surface area (Å²) >= 11 is 10.7. The molecule has 0 bridgehead atoms. The lowest BCUT2D eigenvalue weighted by molar-refractivity contribution is -0.113. The molecule has 39 heavy (non-hydrogen) atoms. The number of thiazole rings is 1. The summed E-state index contributed by atoms with van der Waals surface area (Å²) in [5.74, 6) is 0.201. The Bertz CT molecular complexity index is 1780. The van der Waals surface area contributed by atoms with Gasteiger partial charge in [-0.3, -0.25) is 14.2 Å². The van der Waals surface area contributed by atoms with Crippen LogP contribution in [0.25, 0.3) is 6.08 Å². The topological polar surface area (TPSA) is 92.9 Å². The predicted molar refractivity (Wildman–Crippen MR) is 157 cm³/mol. The number of allylic oxidation sites excluding steroid dienone is 1. The van der Waals surface area contributed by atoms with E-state index >= 15 is 0 Å². The van der Waals surface area contributed by atoms with E-state index in [0.717, 1.165) is 5.56 Å². The molecular weight excluding hydrogens is 602 g/mol. The second-order valence-electron chi connectivity index (χ2n) is 8.73. The van der Waals surface area contributed by atoms with E-state index in [1.165, 1.54) is 15.9 Å². The van der Waals surface area contributed by atoms with E-state index in [2.05, 4.69) is 26.2 Å². The first kappa shape index (κ1) is 26.9. The number of ether oxygens (including phenoxy) is 1. The van der Waals surface area contributed by atoms with Crippen molar-refractivity contribution in [3.8, 4) is 11.5 Å². The number of carbonyl (C=O) groups excluding carboxylic acids is 1. The summed E-state index contributed by atoms with van der Waals surface area (Å²) in [6.07, 6.45) is 1.58. The van der Waals surface area contributed by atoms with Crippen LogP contribution in [0.4, 0.5) is 5.69 Å². The fourth-order valence-electron chi connectivity index (χ4n) is 4.40. The van der Waals surface area contributed by atoms with Gasteiger partial charge in [-0.1, -0.05) is 69.2 Å². The maximum atomic E-state index is 13.9. The smallest absolute Gasteiger partial charge is 0.271 e. The standard InChI is InChI=1S/C29H23BrClN3O4S/c1-3-38-21-11-9-17(10-12-21)25-24(27(36)33-20-7-5-4-6-8-20)16(2)32-29-34(25)28(37)23(39-29)14-18-13-19(30)15-22(31)26(18)35/h4-15,25,35H,3H2,1-2H3,(H,33,36)/b23-14-/t25-/m0/s1. The third-order valence-corrected chi connectivity index (χ3v) is 7.88. The summed E-state index contributed by atoms with van der Waals surface area (Å²) in [6, 6.07) is 19.0. The molecule has 0 fully saturated rings. The van der Waals surface area contributed by atoms with E-state index in [-0.39, 0.29) is 22.2 Å². The fraction of sp³-hybridized carbons (Fsp3) is 0.138. The van der Waals surface area contributed by atoms with Gasteiger partial charge in [-0.15, -0.1) is 0 Å². The Morgan fingerprint density at radius 2 is 1.92 bits per heavy atom. The SMILES string of the molecule is CCOc1ccc([C@H]2C(C(=O)Nc3ccccc3)=C(C)N=c3s/c(=C\c4cc(Br)cc(Cl)c4O)c(=O)n32)cc1. The van der Waals surface area contributed by atoms with Gasteiger partial charge in [0, 0.05) is 15.7 Å². The zero-order chi connectivity index (χ0) is 27.7. The second kappa shape index (κ2) is 11.2. The van der Waals surface area contributed by atoms with Crippen LogP contribution in [0.5, 0.6) is 11.5 Å². The van der Waals surface area contributed by atoms with Crippen molar-refractivity contribution in [3.63, 3.8) is 0 Å². The molecule has 2 N–H and O–H groups in total. The quantitative estimate of drug-likeness (QED) is 0.301. The maximum absolute atomic E-state index is 13.9. The molecule has 0 saturated carbocycles. The first-order valence-electron chi connectivity index (χ1n) is 12.1. The van der Waals surface area contributed by atoms with Crippen molar-refractivity contribution in [3.05, 3.63) is 118 Å². The van der Waals surface area contributed by atoms with Crippen LogP contribution in [-0.4, -0.2) is 22.2 Å². The number of hydrogen-bond acceptors (Lipinski definition) is 6. The van der Waals surface area contributed by atoms with Crippen LogP contribution in [0.2, 0.25) is 5.02 Å². The van der Waals surface area contributed by atoms with Gasteiger partial charge < -0.3 is 15.2 Å². The number of carbonyl (C=O) groups is 1. The lowest BCUT2D eigenvalue weighted by atomic mass is 9.95. The monoisotopic (exact) mass is 623 g/mol. The number of phenolic OH excluding ortho intramolecular Hbond substituents is 1. The van der Waals surface area contributed by atoms with Crippen molar-refractivity contribution in [1.29, 1.82) is 0 Å². The van der Waals surface area contributed by atoms with Crippen LogP contribution < -0.4 is 24.9 Å². The highest BCUT2D eigenvalue weighted by atomic mass is 79.9. The third kappa shape index (κ3) is 5.43. The van der Waals surface area contributed by atoms with Crippen molar-refractivity contribution in [2.24, 2.45) is 4.99 Å². The molecule has 2 heterocycles. The lowest BCUT2D eigenvalue weighted by Crippen LogP contribution is -2.40. The maximum Gasteiger partial charge on any atom is 0.271 e. The average molecular weight is 625 g/mol. The van der Waals surface area contributed by atoms with E-state index in [4.69, 9.17) is 16.3 Å². The molecule has 1 amide bonds. The molecule has 198 valence electrons. The molecule has 1 aliphatic rings. The third-order valence-electron chi connectivity index (χ3n) is 6.15. The Morgan fingerprint density at radius 3 is 2.62 bits per heavy atom. The van der Waals surface area contributed by atoms with E-state index < -0.39 is 6.04 Å². The molecule has 1 aromatic heterocycles. The second-order valence-corrected chi connectivity index (χ2v) is 11.1. The summed E-state index contributed by atoms with van der Waals surface area (Å²) in [6.45, 7) is 4.18. The molecular formula is C29H23BrClN3O4S. The lowest BCUT2D eigenvalue weighted by Gasteiger charge is -2.25. The molecule has 0 saturated heterocycles. The van der Waals surface area contributed by atoms with Gasteiger partial charge in [0.25, 0.3) is 11.5 Å². The van der Waals surface area contributed by atoms with Gasteiger partial charge in [0.15, 0.2) is 4.80 Å². The van der Waals surface area contributed by atoms with Gasteiger partial charge in [-0.2, -0.15) is 0 Å². The number of para-hydroxylation sites is 1. The number of amides is 1. The largest absolute Gasteiger partial charge is 0.506 e. The van der Waals surface area contributed by atoms with E-state index in [9.17, 15) is 14.7 Å². The Balaban J connectivity index is 1.68.